The number of hydrogen-bond donors (Lipinski definition) is 0. The summed E-state index contributed by atoms with van der Waals surface area (Å²) in [6.07, 6.45) is 1.16. The van der Waals surface area contributed by atoms with Crippen LogP contribution in [0.4, 0.5) is 4.79 Å². The number of hydrogen-bond acceptors (Lipinski definition) is 3. The van der Waals surface area contributed by atoms with Crippen molar-refractivity contribution >= 4 is 11.9 Å². The maximum atomic E-state index is 12.6. The molecule has 4 nitrogen and oxygen atoms in total. The van der Waals surface area contributed by atoms with Crippen molar-refractivity contribution in [3.05, 3.63) is 34.9 Å². The number of amides is 1. The molecule has 0 N–H and O–H groups in total. The molecule has 1 saturated heterocycles. The molecule has 0 atom stereocenters. The second-order valence-electron chi connectivity index (χ2n) is 5.64. The number of carbonyl (C=O) groups excluding carboxylic acids is 2. The fourth-order valence-corrected chi connectivity index (χ4v) is 2.85. The lowest BCUT2D eigenvalue weighted by Gasteiger charge is -2.30. The molecule has 0 aromatic heterocycles. The van der Waals surface area contributed by atoms with Crippen molar-refractivity contribution in [2.75, 3.05) is 19.7 Å². The maximum Gasteiger partial charge on any atom is 0.409 e. The first-order valence-corrected chi connectivity index (χ1v) is 7.56. The third-order valence-electron chi connectivity index (χ3n) is 4.04. The first kappa shape index (κ1) is 15.5. The van der Waals surface area contributed by atoms with Crippen LogP contribution in [0.2, 0.25) is 0 Å². The number of benzene rings is 1. The Labute approximate surface area is 126 Å². The summed E-state index contributed by atoms with van der Waals surface area (Å²) in [5.41, 5.74) is 3.02. The molecule has 0 bridgehead atoms. The summed E-state index contributed by atoms with van der Waals surface area (Å²) in [5.74, 6) is 0.216. The summed E-state index contributed by atoms with van der Waals surface area (Å²) in [6, 6.07) is 5.94. The average molecular weight is 289 g/mol. The predicted octanol–water partition coefficient (Wildman–Crippen LogP) is 3.35. The number of ketones is 1. The maximum absolute atomic E-state index is 12.6. The van der Waals surface area contributed by atoms with Crippen LogP contribution in [0.25, 0.3) is 0 Å². The first-order chi connectivity index (χ1) is 10.0. The Hall–Kier alpha value is -1.84. The Balaban J connectivity index is 1.98. The normalized spacial score (nSPS) is 15.9. The van der Waals surface area contributed by atoms with E-state index in [-0.39, 0.29) is 17.8 Å². The summed E-state index contributed by atoms with van der Waals surface area (Å²) in [4.78, 5) is 25.9. The van der Waals surface area contributed by atoms with E-state index in [9.17, 15) is 9.59 Å². The van der Waals surface area contributed by atoms with Crippen LogP contribution in [-0.2, 0) is 4.74 Å². The molecule has 1 amide bonds. The molecule has 0 radical (unpaired) electrons. The molecule has 0 spiro atoms. The van der Waals surface area contributed by atoms with Gasteiger partial charge in [-0.3, -0.25) is 4.79 Å². The van der Waals surface area contributed by atoms with Crippen LogP contribution in [0.3, 0.4) is 0 Å². The minimum Gasteiger partial charge on any atom is -0.450 e. The average Bonchev–Trinajstić information content (AvgIpc) is 2.47. The highest BCUT2D eigenvalue weighted by molar-refractivity contribution is 5.99. The predicted molar refractivity (Wildman–Crippen MR) is 81.6 cm³/mol. The van der Waals surface area contributed by atoms with Crippen LogP contribution in [0.15, 0.2) is 18.2 Å². The quantitative estimate of drug-likeness (QED) is 0.802. The van der Waals surface area contributed by atoms with Crippen LogP contribution < -0.4 is 0 Å². The lowest BCUT2D eigenvalue weighted by atomic mass is 9.87. The minimum absolute atomic E-state index is 0.0112. The second-order valence-corrected chi connectivity index (χ2v) is 5.64. The van der Waals surface area contributed by atoms with E-state index in [4.69, 9.17) is 4.74 Å². The van der Waals surface area contributed by atoms with Gasteiger partial charge >= 0.3 is 6.09 Å². The van der Waals surface area contributed by atoms with E-state index in [2.05, 4.69) is 0 Å². The highest BCUT2D eigenvalue weighted by atomic mass is 16.6. The molecule has 114 valence electrons. The van der Waals surface area contributed by atoms with Crippen molar-refractivity contribution in [1.82, 2.24) is 4.90 Å². The van der Waals surface area contributed by atoms with Gasteiger partial charge in [-0.15, -0.1) is 0 Å². The van der Waals surface area contributed by atoms with Crippen LogP contribution >= 0.6 is 0 Å². The van der Waals surface area contributed by atoms with E-state index in [1.807, 2.05) is 32.0 Å². The van der Waals surface area contributed by atoms with Crippen molar-refractivity contribution in [2.45, 2.75) is 33.6 Å². The van der Waals surface area contributed by atoms with Crippen molar-refractivity contribution in [2.24, 2.45) is 5.92 Å². The van der Waals surface area contributed by atoms with Crippen LogP contribution in [0.1, 0.15) is 41.3 Å². The van der Waals surface area contributed by atoms with E-state index >= 15 is 0 Å². The molecule has 0 unspecified atom stereocenters. The third-order valence-corrected chi connectivity index (χ3v) is 4.04. The number of ether oxygens (including phenoxy) is 1. The van der Waals surface area contributed by atoms with Gasteiger partial charge < -0.3 is 9.64 Å². The Morgan fingerprint density at radius 1 is 1.24 bits per heavy atom. The van der Waals surface area contributed by atoms with E-state index in [0.29, 0.717) is 32.5 Å². The van der Waals surface area contributed by atoms with Crippen LogP contribution in [0.5, 0.6) is 0 Å². The third kappa shape index (κ3) is 3.63. The number of aryl methyl sites for hydroxylation is 2. The summed E-state index contributed by atoms with van der Waals surface area (Å²) in [5, 5.41) is 0. The zero-order valence-electron chi connectivity index (χ0n) is 13.0. The van der Waals surface area contributed by atoms with Crippen molar-refractivity contribution < 1.29 is 14.3 Å². The number of nitrogens with zero attached hydrogens (tertiary/aromatic N) is 1. The van der Waals surface area contributed by atoms with Gasteiger partial charge in [-0.05, 0) is 39.2 Å². The monoisotopic (exact) mass is 289 g/mol. The highest BCUT2D eigenvalue weighted by Crippen LogP contribution is 2.24. The van der Waals surface area contributed by atoms with E-state index in [1.165, 1.54) is 5.56 Å². The number of carbonyl (C=O) groups is 2. The number of likely N-dealkylation sites (tertiary alicyclic amines) is 1. The van der Waals surface area contributed by atoms with E-state index < -0.39 is 0 Å². The molecule has 1 aromatic rings. The standard InChI is InChI=1S/C17H23NO3/c1-4-21-17(20)18-9-7-14(8-10-18)16(19)15-6-5-12(2)11-13(15)3/h5-6,11,14H,4,7-10H2,1-3H3. The van der Waals surface area contributed by atoms with Gasteiger partial charge in [0.2, 0.25) is 0 Å². The molecule has 1 aromatic carbocycles. The smallest absolute Gasteiger partial charge is 0.409 e. The summed E-state index contributed by atoms with van der Waals surface area (Å²) < 4.78 is 5.00. The second kappa shape index (κ2) is 6.74. The number of Topliss-reactive ketones (excluding diaryl/α,β-unsaturated/α-hetero) is 1. The van der Waals surface area contributed by atoms with Gasteiger partial charge in [-0.2, -0.15) is 0 Å². The molecule has 0 saturated carbocycles. The van der Waals surface area contributed by atoms with Gasteiger partial charge in [0.25, 0.3) is 0 Å². The summed E-state index contributed by atoms with van der Waals surface area (Å²) in [7, 11) is 0. The van der Waals surface area contributed by atoms with E-state index in [1.54, 1.807) is 11.8 Å². The molecule has 4 heteroatoms. The molecule has 21 heavy (non-hydrogen) atoms. The summed E-state index contributed by atoms with van der Waals surface area (Å²) in [6.45, 7) is 7.39. The lowest BCUT2D eigenvalue weighted by molar-refractivity contribution is 0.0753. The minimum atomic E-state index is -0.269. The topological polar surface area (TPSA) is 46.6 Å². The Bertz CT molecular complexity index is 531. The van der Waals surface area contributed by atoms with Gasteiger partial charge in [0.05, 0.1) is 6.61 Å². The van der Waals surface area contributed by atoms with Gasteiger partial charge in [-0.1, -0.05) is 23.8 Å². The van der Waals surface area contributed by atoms with Crippen LogP contribution in [0, 0.1) is 19.8 Å². The summed E-state index contributed by atoms with van der Waals surface area (Å²) >= 11 is 0. The highest BCUT2D eigenvalue weighted by Gasteiger charge is 2.29. The van der Waals surface area contributed by atoms with Gasteiger partial charge in [0.15, 0.2) is 5.78 Å². The van der Waals surface area contributed by atoms with Crippen molar-refractivity contribution in [1.29, 1.82) is 0 Å². The zero-order chi connectivity index (χ0) is 15.4. The molecular formula is C17H23NO3. The Morgan fingerprint density at radius 2 is 1.90 bits per heavy atom. The largest absolute Gasteiger partial charge is 0.450 e. The van der Waals surface area contributed by atoms with Gasteiger partial charge in [-0.25, -0.2) is 4.79 Å². The molecule has 1 aliphatic rings. The number of rotatable bonds is 3. The first-order valence-electron chi connectivity index (χ1n) is 7.56. The zero-order valence-corrected chi connectivity index (χ0v) is 13.0. The molecule has 1 aliphatic heterocycles. The Morgan fingerprint density at radius 3 is 2.48 bits per heavy atom. The molecular weight excluding hydrogens is 266 g/mol. The lowest BCUT2D eigenvalue weighted by Crippen LogP contribution is -2.40. The van der Waals surface area contributed by atoms with Gasteiger partial charge in [0, 0.05) is 24.6 Å². The molecule has 2 rings (SSSR count). The van der Waals surface area contributed by atoms with Crippen LogP contribution in [-0.4, -0.2) is 36.5 Å². The molecule has 1 fully saturated rings. The molecule has 0 aliphatic carbocycles. The molecule has 1 heterocycles. The van der Waals surface area contributed by atoms with E-state index in [0.717, 1.165) is 11.1 Å². The fourth-order valence-electron chi connectivity index (χ4n) is 2.85. The SMILES string of the molecule is CCOC(=O)N1CCC(C(=O)c2ccc(C)cc2C)CC1. The Kier molecular flexibility index (Phi) is 4.99. The number of piperidine rings is 1. The van der Waals surface area contributed by atoms with Crippen molar-refractivity contribution in [3.63, 3.8) is 0 Å². The fraction of sp³-hybridized carbons (Fsp3) is 0.529. The van der Waals surface area contributed by atoms with Crippen molar-refractivity contribution in [3.8, 4) is 0 Å². The van der Waals surface area contributed by atoms with Gasteiger partial charge in [0.1, 0.15) is 0 Å².